The Labute approximate surface area is 349 Å². The number of nitrogens with zero attached hydrogens (tertiary/aromatic N) is 6. The predicted octanol–water partition coefficient (Wildman–Crippen LogP) is 9.87. The predicted molar refractivity (Wildman–Crippen MR) is 230 cm³/mol. The molecule has 60 heavy (non-hydrogen) atoms. The van der Waals surface area contributed by atoms with Gasteiger partial charge in [0.15, 0.2) is 0 Å². The summed E-state index contributed by atoms with van der Waals surface area (Å²) in [6.07, 6.45) is 2.65. The van der Waals surface area contributed by atoms with E-state index in [2.05, 4.69) is 12.1 Å². The number of hydrogen-bond donors (Lipinski definition) is 2. The molecule has 6 aromatic carbocycles. The second-order valence-electron chi connectivity index (χ2n) is 14.1. The molecule has 0 aliphatic carbocycles. The van der Waals surface area contributed by atoms with Gasteiger partial charge in [-0.25, -0.2) is 19.2 Å². The third-order valence-electron chi connectivity index (χ3n) is 9.78. The Morgan fingerprint density at radius 2 is 0.867 bits per heavy atom. The van der Waals surface area contributed by atoms with Crippen LogP contribution in [0.1, 0.15) is 22.3 Å². The third kappa shape index (κ3) is 7.25. The van der Waals surface area contributed by atoms with Gasteiger partial charge in [-0.3, -0.25) is 9.11 Å². The molecule has 10 rings (SSSR count). The molecule has 0 unspecified atom stereocenters. The molecule has 4 heterocycles. The molecule has 10 aromatic rings. The van der Waals surface area contributed by atoms with Gasteiger partial charge in [0, 0.05) is 11.1 Å². The number of hydrogen-bond acceptors (Lipinski definition) is 10. The Morgan fingerprint density at radius 1 is 0.500 bits per heavy atom. The Bertz CT molecular complexity index is 3280. The molecule has 0 aliphatic rings. The Kier molecular flexibility index (Phi) is 8.83. The van der Waals surface area contributed by atoms with Gasteiger partial charge in [0.1, 0.15) is 42.6 Å². The van der Waals surface area contributed by atoms with E-state index in [1.54, 1.807) is 34.8 Å². The molecule has 0 saturated heterocycles. The number of rotatable bonds is 10. The second-order valence-corrected chi connectivity index (χ2v) is 18.9. The summed E-state index contributed by atoms with van der Waals surface area (Å²) in [6.45, 7) is 4.08. The van der Waals surface area contributed by atoms with Crippen molar-refractivity contribution in [3.63, 3.8) is 0 Å². The van der Waals surface area contributed by atoms with Crippen molar-refractivity contribution < 1.29 is 35.2 Å². The molecule has 0 fully saturated rings. The zero-order chi connectivity index (χ0) is 41.5. The smallest absolute Gasteiger partial charge is 0.282 e. The summed E-state index contributed by atoms with van der Waals surface area (Å²) >= 11 is 3.20. The van der Waals surface area contributed by atoms with Crippen molar-refractivity contribution in [3.8, 4) is 43.9 Å². The van der Waals surface area contributed by atoms with Gasteiger partial charge in [-0.1, -0.05) is 55.8 Å². The normalized spacial score (nSPS) is 12.5. The van der Waals surface area contributed by atoms with Gasteiger partial charge in [-0.05, 0) is 133 Å². The van der Waals surface area contributed by atoms with Crippen LogP contribution in [-0.4, -0.2) is 55.3 Å². The first-order valence-electron chi connectivity index (χ1n) is 18.2. The van der Waals surface area contributed by atoms with Gasteiger partial charge in [-0.2, -0.15) is 16.8 Å². The molecular formula is C42H30N6O8S4. The summed E-state index contributed by atoms with van der Waals surface area (Å²) < 4.78 is 84.2. The number of aryl methyl sites for hydroxylation is 2. The zero-order valence-electron chi connectivity index (χ0n) is 31.4. The molecular weight excluding hydrogens is 845 g/mol. The van der Waals surface area contributed by atoms with Crippen molar-refractivity contribution in [1.29, 1.82) is 0 Å². The van der Waals surface area contributed by atoms with E-state index in [1.807, 2.05) is 86.6 Å². The summed E-state index contributed by atoms with van der Waals surface area (Å²) in [5, 5.41) is 1.75. The fraction of sp³-hybridized carbons (Fsp3) is 0.0476. The average molecular weight is 875 g/mol. The van der Waals surface area contributed by atoms with Crippen LogP contribution in [0.5, 0.6) is 0 Å². The van der Waals surface area contributed by atoms with Crippen molar-refractivity contribution >= 4 is 75.5 Å². The molecule has 4 aromatic heterocycles. The van der Waals surface area contributed by atoms with Gasteiger partial charge < -0.3 is 0 Å². The third-order valence-corrected chi connectivity index (χ3v) is 13.7. The number of benzene rings is 6. The molecule has 2 N–H and O–H groups in total. The summed E-state index contributed by atoms with van der Waals surface area (Å²) in [4.78, 5) is 14.2. The van der Waals surface area contributed by atoms with Crippen LogP contribution in [0.4, 0.5) is 0 Å². The Morgan fingerprint density at radius 3 is 1.25 bits per heavy atom. The van der Waals surface area contributed by atoms with Crippen molar-refractivity contribution in [2.45, 2.75) is 23.6 Å². The molecule has 300 valence electrons. The average Bonchev–Trinajstić information content (AvgIpc) is 4.12. The molecule has 0 saturated carbocycles. The second kappa shape index (κ2) is 14.0. The quantitative estimate of drug-likeness (QED) is 0.0992. The number of thiazole rings is 2. The summed E-state index contributed by atoms with van der Waals surface area (Å²) in [7, 11) is -9.53. The number of aromatic nitrogens is 6. The fourth-order valence-electron chi connectivity index (χ4n) is 6.68. The van der Waals surface area contributed by atoms with Crippen molar-refractivity contribution in [1.82, 2.24) is 29.4 Å². The standard InChI is InChI=1S/C42H30N6O8S4/c1-25-3-19-35-37(21-25)57-41(43-35)29-9-13-31(14-10-29)45-47(55-45)33-17-7-27(39(23-33)59(49,50)51)5-6-28-8-18-34(24-40(28)60(52,53)54)48-46(56-48)32-15-11-30(12-16-32)42-44-36-20-4-26(2)22-38(36)58-42/h3-24H,1-2H3,(H,49,50,51)(H,52,53,54)/b6-5-. The van der Waals surface area contributed by atoms with E-state index >= 15 is 0 Å². The van der Waals surface area contributed by atoms with E-state index in [4.69, 9.17) is 19.2 Å². The highest BCUT2D eigenvalue weighted by Gasteiger charge is 2.24. The van der Waals surface area contributed by atoms with Gasteiger partial charge in [0.05, 0.1) is 20.4 Å². The van der Waals surface area contributed by atoms with Crippen molar-refractivity contribution in [3.05, 3.63) is 144 Å². The summed E-state index contributed by atoms with van der Waals surface area (Å²) in [5.41, 5.74) is 8.10. The van der Waals surface area contributed by atoms with E-state index in [0.717, 1.165) is 52.7 Å². The van der Waals surface area contributed by atoms with Crippen molar-refractivity contribution in [2.24, 2.45) is 0 Å². The zero-order valence-corrected chi connectivity index (χ0v) is 34.6. The highest BCUT2D eigenvalue weighted by Crippen LogP contribution is 2.34. The number of fused-ring (bicyclic) bond motifs is 2. The molecule has 0 aliphatic heterocycles. The minimum absolute atomic E-state index is 0.0558. The van der Waals surface area contributed by atoms with Gasteiger partial charge in [0.2, 0.25) is 0 Å². The van der Waals surface area contributed by atoms with Crippen LogP contribution in [0.3, 0.4) is 0 Å². The van der Waals surface area contributed by atoms with E-state index in [9.17, 15) is 25.9 Å². The van der Waals surface area contributed by atoms with Crippen LogP contribution in [0.15, 0.2) is 140 Å². The highest BCUT2D eigenvalue weighted by atomic mass is 32.2. The first-order valence-corrected chi connectivity index (χ1v) is 22.7. The lowest BCUT2D eigenvalue weighted by molar-refractivity contribution is 0.473. The maximum Gasteiger partial charge on any atom is 0.295 e. The molecule has 0 amide bonds. The van der Waals surface area contributed by atoms with E-state index < -0.39 is 30.0 Å². The Balaban J connectivity index is 0.877. The van der Waals surface area contributed by atoms with Gasteiger partial charge >= 0.3 is 0 Å². The Hall–Kier alpha value is -6.54. The van der Waals surface area contributed by atoms with E-state index in [0.29, 0.717) is 22.7 Å². The van der Waals surface area contributed by atoms with Crippen LogP contribution in [-0.2, 0) is 20.2 Å². The van der Waals surface area contributed by atoms with Crippen LogP contribution in [0, 0.1) is 13.8 Å². The maximum atomic E-state index is 12.6. The minimum atomic E-state index is -4.76. The lowest BCUT2D eigenvalue weighted by atomic mass is 10.1. The fourth-order valence-corrected chi connectivity index (χ4v) is 10.2. The maximum absolute atomic E-state index is 12.6. The summed E-state index contributed by atoms with van der Waals surface area (Å²) in [5.74, 6) is 0. The van der Waals surface area contributed by atoms with E-state index in [1.165, 1.54) is 55.8 Å². The van der Waals surface area contributed by atoms with Crippen LogP contribution in [0.2, 0.25) is 0 Å². The monoisotopic (exact) mass is 874 g/mol. The largest absolute Gasteiger partial charge is 0.295 e. The van der Waals surface area contributed by atoms with Crippen LogP contribution < -0.4 is 0 Å². The van der Waals surface area contributed by atoms with Gasteiger partial charge in [-0.15, -0.1) is 22.7 Å². The summed E-state index contributed by atoms with van der Waals surface area (Å²) in [6, 6.07) is 35.8. The van der Waals surface area contributed by atoms with Crippen molar-refractivity contribution in [2.75, 3.05) is 0 Å². The van der Waals surface area contributed by atoms with Gasteiger partial charge in [0.25, 0.3) is 20.2 Å². The van der Waals surface area contributed by atoms with Crippen LogP contribution >= 0.6 is 22.7 Å². The molecule has 0 radical (unpaired) electrons. The van der Waals surface area contributed by atoms with Crippen LogP contribution in [0.25, 0.3) is 76.5 Å². The first kappa shape index (κ1) is 37.7. The lowest BCUT2D eigenvalue weighted by Gasteiger charge is -2.06. The molecule has 0 spiro atoms. The molecule has 0 atom stereocenters. The molecule has 14 nitrogen and oxygen atoms in total. The first-order chi connectivity index (χ1) is 28.7. The minimum Gasteiger partial charge on any atom is -0.282 e. The molecule has 0 bridgehead atoms. The topological polar surface area (TPSA) is 181 Å². The molecule has 18 heteroatoms. The lowest BCUT2D eigenvalue weighted by Crippen LogP contribution is -2.04. The highest BCUT2D eigenvalue weighted by molar-refractivity contribution is 7.86. The van der Waals surface area contributed by atoms with E-state index in [-0.39, 0.29) is 11.1 Å². The SMILES string of the molecule is Cc1ccc2nc(-c3ccc(-n4on4-c4ccc(/C=C\c5ccc(-n6on6-c6ccc(-c7nc8ccc(C)cc8s7)cc6)cc5S(=O)(=O)O)c(S(=O)(=O)O)c4)cc3)sc2c1.